The van der Waals surface area contributed by atoms with Crippen LogP contribution in [0.3, 0.4) is 0 Å². The highest BCUT2D eigenvalue weighted by molar-refractivity contribution is 5.47. The third kappa shape index (κ3) is 3.37. The molecule has 4 rings (SSSR count). The molecule has 1 aliphatic heterocycles. The van der Waals surface area contributed by atoms with Crippen molar-refractivity contribution in [2.75, 3.05) is 17.4 Å². The molecule has 0 unspecified atom stereocenters. The Morgan fingerprint density at radius 3 is 2.79 bits per heavy atom. The van der Waals surface area contributed by atoms with Gasteiger partial charge >= 0.3 is 0 Å². The molecule has 1 aromatic carbocycles. The predicted octanol–water partition coefficient (Wildman–Crippen LogP) is 3.48. The molecule has 1 saturated carbocycles. The molecular formula is C18H22N4O2. The molecule has 2 heterocycles. The number of aryl methyl sites for hydroxylation is 1. The molecule has 0 bridgehead atoms. The lowest BCUT2D eigenvalue weighted by Gasteiger charge is -2.14. The largest absolute Gasteiger partial charge is 0.454 e. The lowest BCUT2D eigenvalue weighted by atomic mass is 10.2. The fourth-order valence-corrected chi connectivity index (χ4v) is 3.22. The molecule has 0 spiro atoms. The standard InChI is InChI=1S/C18H22N4O2/c1-12-8-17(22-18(20-12)21-14-4-2-3-5-14)19-10-13-6-7-15-16(9-13)24-11-23-15/h6-9,14H,2-5,10-11H2,1H3,(H2,19,20,21,22). The second-order valence-electron chi connectivity index (χ2n) is 6.39. The van der Waals surface area contributed by atoms with Crippen LogP contribution in [0.25, 0.3) is 0 Å². The Balaban J connectivity index is 1.43. The van der Waals surface area contributed by atoms with Crippen molar-refractivity contribution in [3.05, 3.63) is 35.5 Å². The Bertz CT molecular complexity index is 729. The van der Waals surface area contributed by atoms with Crippen molar-refractivity contribution < 1.29 is 9.47 Å². The first-order valence-electron chi connectivity index (χ1n) is 8.51. The molecule has 0 atom stereocenters. The van der Waals surface area contributed by atoms with Crippen molar-refractivity contribution in [1.82, 2.24) is 9.97 Å². The van der Waals surface area contributed by atoms with Gasteiger partial charge in [-0.15, -0.1) is 0 Å². The van der Waals surface area contributed by atoms with Crippen LogP contribution in [0, 0.1) is 6.92 Å². The average molecular weight is 326 g/mol. The molecule has 1 aromatic heterocycles. The number of aromatic nitrogens is 2. The van der Waals surface area contributed by atoms with Crippen LogP contribution in [0.2, 0.25) is 0 Å². The maximum atomic E-state index is 5.42. The van der Waals surface area contributed by atoms with Gasteiger partial charge in [-0.1, -0.05) is 18.9 Å². The lowest BCUT2D eigenvalue weighted by Crippen LogP contribution is -2.17. The van der Waals surface area contributed by atoms with E-state index < -0.39 is 0 Å². The lowest BCUT2D eigenvalue weighted by molar-refractivity contribution is 0.174. The van der Waals surface area contributed by atoms with Crippen LogP contribution in [0.15, 0.2) is 24.3 Å². The molecule has 2 aliphatic rings. The van der Waals surface area contributed by atoms with Crippen LogP contribution >= 0.6 is 0 Å². The maximum absolute atomic E-state index is 5.42. The Morgan fingerprint density at radius 2 is 1.92 bits per heavy atom. The summed E-state index contributed by atoms with van der Waals surface area (Å²) in [5.74, 6) is 3.16. The van der Waals surface area contributed by atoms with E-state index in [1.165, 1.54) is 25.7 Å². The van der Waals surface area contributed by atoms with Crippen molar-refractivity contribution in [2.24, 2.45) is 0 Å². The van der Waals surface area contributed by atoms with Crippen LogP contribution in [-0.2, 0) is 6.54 Å². The van der Waals surface area contributed by atoms with Gasteiger partial charge in [0.05, 0.1) is 0 Å². The monoisotopic (exact) mass is 326 g/mol. The minimum atomic E-state index is 0.299. The Hall–Kier alpha value is -2.50. The number of nitrogens with zero attached hydrogens (tertiary/aromatic N) is 2. The van der Waals surface area contributed by atoms with E-state index in [0.717, 1.165) is 34.5 Å². The van der Waals surface area contributed by atoms with Crippen molar-refractivity contribution in [3.63, 3.8) is 0 Å². The fraction of sp³-hybridized carbons (Fsp3) is 0.444. The topological polar surface area (TPSA) is 68.3 Å². The first kappa shape index (κ1) is 15.1. The SMILES string of the molecule is Cc1cc(NCc2ccc3c(c2)OCO3)nc(NC2CCCC2)n1. The van der Waals surface area contributed by atoms with Crippen LogP contribution in [0.5, 0.6) is 11.5 Å². The molecule has 1 fully saturated rings. The Morgan fingerprint density at radius 1 is 1.08 bits per heavy atom. The van der Waals surface area contributed by atoms with E-state index in [0.29, 0.717) is 19.4 Å². The molecule has 2 aromatic rings. The zero-order valence-corrected chi connectivity index (χ0v) is 13.8. The first-order valence-corrected chi connectivity index (χ1v) is 8.51. The minimum Gasteiger partial charge on any atom is -0.454 e. The number of fused-ring (bicyclic) bond motifs is 1. The molecule has 126 valence electrons. The van der Waals surface area contributed by atoms with Crippen molar-refractivity contribution >= 4 is 11.8 Å². The summed E-state index contributed by atoms with van der Waals surface area (Å²) in [4.78, 5) is 9.10. The predicted molar refractivity (Wildman–Crippen MR) is 92.5 cm³/mol. The molecule has 6 nitrogen and oxygen atoms in total. The molecule has 1 aliphatic carbocycles. The van der Waals surface area contributed by atoms with Gasteiger partial charge in [-0.25, -0.2) is 4.98 Å². The zero-order chi connectivity index (χ0) is 16.4. The van der Waals surface area contributed by atoms with E-state index in [1.54, 1.807) is 0 Å². The summed E-state index contributed by atoms with van der Waals surface area (Å²) in [6, 6.07) is 8.45. The number of anilines is 2. The fourth-order valence-electron chi connectivity index (χ4n) is 3.22. The van der Waals surface area contributed by atoms with Crippen molar-refractivity contribution in [3.8, 4) is 11.5 Å². The highest BCUT2D eigenvalue weighted by atomic mass is 16.7. The van der Waals surface area contributed by atoms with Gasteiger partial charge in [0.25, 0.3) is 0 Å². The summed E-state index contributed by atoms with van der Waals surface area (Å²) in [5.41, 5.74) is 2.08. The van der Waals surface area contributed by atoms with Crippen LogP contribution in [0.4, 0.5) is 11.8 Å². The number of nitrogens with one attached hydrogen (secondary N) is 2. The number of hydrogen-bond donors (Lipinski definition) is 2. The van der Waals surface area contributed by atoms with Crippen molar-refractivity contribution in [1.29, 1.82) is 0 Å². The van der Waals surface area contributed by atoms with Gasteiger partial charge in [0, 0.05) is 24.3 Å². The Labute approximate surface area is 141 Å². The molecule has 0 saturated heterocycles. The molecular weight excluding hydrogens is 304 g/mol. The number of hydrogen-bond acceptors (Lipinski definition) is 6. The summed E-state index contributed by atoms with van der Waals surface area (Å²) in [6.45, 7) is 2.97. The smallest absolute Gasteiger partial charge is 0.231 e. The van der Waals surface area contributed by atoms with E-state index in [4.69, 9.17) is 9.47 Å². The van der Waals surface area contributed by atoms with E-state index in [1.807, 2.05) is 31.2 Å². The van der Waals surface area contributed by atoms with Crippen LogP contribution < -0.4 is 20.1 Å². The normalized spacial score (nSPS) is 16.4. The third-order valence-corrected chi connectivity index (χ3v) is 4.45. The van der Waals surface area contributed by atoms with E-state index in [9.17, 15) is 0 Å². The van der Waals surface area contributed by atoms with Gasteiger partial charge in [0.1, 0.15) is 5.82 Å². The number of rotatable bonds is 5. The zero-order valence-electron chi connectivity index (χ0n) is 13.8. The second kappa shape index (κ2) is 6.55. The summed E-state index contributed by atoms with van der Waals surface area (Å²) >= 11 is 0. The molecule has 0 amide bonds. The minimum absolute atomic E-state index is 0.299. The van der Waals surface area contributed by atoms with Crippen LogP contribution in [0.1, 0.15) is 36.9 Å². The molecule has 2 N–H and O–H groups in total. The summed E-state index contributed by atoms with van der Waals surface area (Å²) in [7, 11) is 0. The summed E-state index contributed by atoms with van der Waals surface area (Å²) in [5, 5.41) is 6.83. The molecule has 0 radical (unpaired) electrons. The van der Waals surface area contributed by atoms with E-state index in [2.05, 4.69) is 20.6 Å². The average Bonchev–Trinajstić information content (AvgIpc) is 3.23. The van der Waals surface area contributed by atoms with Gasteiger partial charge in [0.2, 0.25) is 12.7 Å². The van der Waals surface area contributed by atoms with Gasteiger partial charge in [-0.05, 0) is 37.5 Å². The van der Waals surface area contributed by atoms with Crippen molar-refractivity contribution in [2.45, 2.75) is 45.2 Å². The van der Waals surface area contributed by atoms with E-state index >= 15 is 0 Å². The second-order valence-corrected chi connectivity index (χ2v) is 6.39. The summed E-state index contributed by atoms with van der Waals surface area (Å²) in [6.07, 6.45) is 4.99. The number of ether oxygens (including phenoxy) is 2. The summed E-state index contributed by atoms with van der Waals surface area (Å²) < 4.78 is 10.8. The maximum Gasteiger partial charge on any atom is 0.231 e. The molecule has 24 heavy (non-hydrogen) atoms. The van der Waals surface area contributed by atoms with Gasteiger partial charge in [0.15, 0.2) is 11.5 Å². The van der Waals surface area contributed by atoms with Gasteiger partial charge in [-0.3, -0.25) is 0 Å². The van der Waals surface area contributed by atoms with Crippen LogP contribution in [-0.4, -0.2) is 22.8 Å². The quantitative estimate of drug-likeness (QED) is 0.877. The first-order chi connectivity index (χ1) is 11.8. The van der Waals surface area contributed by atoms with Gasteiger partial charge < -0.3 is 20.1 Å². The Kier molecular flexibility index (Phi) is 4.11. The van der Waals surface area contributed by atoms with Gasteiger partial charge in [-0.2, -0.15) is 4.98 Å². The number of benzene rings is 1. The highest BCUT2D eigenvalue weighted by Crippen LogP contribution is 2.32. The van der Waals surface area contributed by atoms with E-state index in [-0.39, 0.29) is 0 Å². The third-order valence-electron chi connectivity index (χ3n) is 4.45. The highest BCUT2D eigenvalue weighted by Gasteiger charge is 2.16. The molecule has 6 heteroatoms.